The molecule has 3 heterocycles. The Morgan fingerprint density at radius 1 is 1.48 bits per heavy atom. The van der Waals surface area contributed by atoms with Crippen LogP contribution in [0.2, 0.25) is 5.02 Å². The lowest BCUT2D eigenvalue weighted by Gasteiger charge is -2.40. The van der Waals surface area contributed by atoms with Crippen molar-refractivity contribution in [3.8, 4) is 0 Å². The zero-order valence-corrected chi connectivity index (χ0v) is 14.6. The van der Waals surface area contributed by atoms with E-state index in [0.717, 1.165) is 31.6 Å². The topological polar surface area (TPSA) is 40.9 Å². The van der Waals surface area contributed by atoms with Crippen LogP contribution < -0.4 is 0 Å². The lowest BCUT2D eigenvalue weighted by Crippen LogP contribution is -2.50. The number of fused-ring (bicyclic) bond motifs is 1. The molecule has 124 valence electrons. The molecule has 0 aliphatic carbocycles. The van der Waals surface area contributed by atoms with E-state index in [0.29, 0.717) is 16.6 Å². The molecule has 0 saturated carbocycles. The molecule has 2 aromatic heterocycles. The predicted octanol–water partition coefficient (Wildman–Crippen LogP) is 2.79. The molecule has 5 nitrogen and oxygen atoms in total. The maximum absolute atomic E-state index is 12.8. The number of carbonyl (C=O) groups excluding carboxylic acids is 1. The van der Waals surface area contributed by atoms with Crippen molar-refractivity contribution < 1.29 is 4.79 Å². The molecule has 0 aromatic carbocycles. The van der Waals surface area contributed by atoms with Gasteiger partial charge in [-0.3, -0.25) is 4.79 Å². The monoisotopic (exact) mass is 334 g/mol. The number of likely N-dealkylation sites (tertiary alicyclic amines) is 1. The van der Waals surface area contributed by atoms with Crippen LogP contribution in [0.5, 0.6) is 0 Å². The van der Waals surface area contributed by atoms with Gasteiger partial charge in [-0.1, -0.05) is 25.4 Å². The SMILES string of the molecule is CCN1CC[C@H](N(C)C(=O)c2cc3cc(Cl)ccn3n2)[C@H](C)C1. The van der Waals surface area contributed by atoms with Crippen molar-refractivity contribution in [1.82, 2.24) is 19.4 Å². The molecular formula is C17H23ClN4O. The third-order valence-electron chi connectivity index (χ3n) is 4.85. The molecule has 6 heteroatoms. The molecule has 1 aliphatic rings. The second-order valence-electron chi connectivity index (χ2n) is 6.39. The number of rotatable bonds is 3. The van der Waals surface area contributed by atoms with Gasteiger partial charge in [-0.05, 0) is 37.1 Å². The maximum atomic E-state index is 12.8. The van der Waals surface area contributed by atoms with Crippen LogP contribution in [0, 0.1) is 5.92 Å². The largest absolute Gasteiger partial charge is 0.337 e. The van der Waals surface area contributed by atoms with Crippen LogP contribution in [0.4, 0.5) is 0 Å². The Morgan fingerprint density at radius 2 is 2.26 bits per heavy atom. The molecule has 2 aromatic rings. The minimum absolute atomic E-state index is 0.0216. The van der Waals surface area contributed by atoms with Crippen molar-refractivity contribution in [3.05, 3.63) is 35.1 Å². The number of hydrogen-bond acceptors (Lipinski definition) is 3. The molecule has 23 heavy (non-hydrogen) atoms. The van der Waals surface area contributed by atoms with Gasteiger partial charge in [0, 0.05) is 37.4 Å². The van der Waals surface area contributed by atoms with Crippen molar-refractivity contribution in [2.24, 2.45) is 5.92 Å². The molecule has 1 aliphatic heterocycles. The highest BCUT2D eigenvalue weighted by molar-refractivity contribution is 6.30. The summed E-state index contributed by atoms with van der Waals surface area (Å²) in [5.41, 5.74) is 1.31. The van der Waals surface area contributed by atoms with E-state index in [1.165, 1.54) is 0 Å². The first-order valence-corrected chi connectivity index (χ1v) is 8.52. The van der Waals surface area contributed by atoms with E-state index in [1.54, 1.807) is 22.8 Å². The summed E-state index contributed by atoms with van der Waals surface area (Å²) in [6.45, 7) is 7.56. The first-order chi connectivity index (χ1) is 11.0. The van der Waals surface area contributed by atoms with E-state index in [4.69, 9.17) is 11.6 Å². The molecule has 3 rings (SSSR count). The number of amides is 1. The van der Waals surface area contributed by atoms with E-state index in [1.807, 2.05) is 18.0 Å². The minimum Gasteiger partial charge on any atom is -0.337 e. The average molecular weight is 335 g/mol. The van der Waals surface area contributed by atoms with Crippen molar-refractivity contribution in [2.45, 2.75) is 26.3 Å². The van der Waals surface area contributed by atoms with Gasteiger partial charge in [-0.2, -0.15) is 5.10 Å². The molecule has 2 atom stereocenters. The summed E-state index contributed by atoms with van der Waals surface area (Å²) in [6.07, 6.45) is 2.78. The lowest BCUT2D eigenvalue weighted by atomic mass is 9.92. The van der Waals surface area contributed by atoms with Gasteiger partial charge in [-0.15, -0.1) is 0 Å². The Hall–Kier alpha value is -1.59. The van der Waals surface area contributed by atoms with Crippen molar-refractivity contribution in [2.75, 3.05) is 26.7 Å². The summed E-state index contributed by atoms with van der Waals surface area (Å²) in [5, 5.41) is 5.03. The summed E-state index contributed by atoms with van der Waals surface area (Å²) in [7, 11) is 1.89. The number of aromatic nitrogens is 2. The summed E-state index contributed by atoms with van der Waals surface area (Å²) in [4.78, 5) is 17.1. The zero-order valence-electron chi connectivity index (χ0n) is 13.9. The Kier molecular flexibility index (Phi) is 4.60. The molecule has 1 fully saturated rings. The van der Waals surface area contributed by atoms with Gasteiger partial charge in [0.1, 0.15) is 0 Å². The van der Waals surface area contributed by atoms with E-state index in [2.05, 4.69) is 23.8 Å². The van der Waals surface area contributed by atoms with Crippen molar-refractivity contribution in [3.63, 3.8) is 0 Å². The third-order valence-corrected chi connectivity index (χ3v) is 5.09. The number of hydrogen-bond donors (Lipinski definition) is 0. The fourth-order valence-corrected chi connectivity index (χ4v) is 3.65. The predicted molar refractivity (Wildman–Crippen MR) is 92.0 cm³/mol. The van der Waals surface area contributed by atoms with Gasteiger partial charge in [0.25, 0.3) is 5.91 Å². The molecule has 0 unspecified atom stereocenters. The van der Waals surface area contributed by atoms with Gasteiger partial charge in [0.2, 0.25) is 0 Å². The van der Waals surface area contributed by atoms with Crippen LogP contribution in [0.3, 0.4) is 0 Å². The van der Waals surface area contributed by atoms with Gasteiger partial charge < -0.3 is 9.80 Å². The molecule has 0 N–H and O–H groups in total. The van der Waals surface area contributed by atoms with Crippen LogP contribution in [0.1, 0.15) is 30.8 Å². The molecule has 1 amide bonds. The highest BCUT2D eigenvalue weighted by atomic mass is 35.5. The Bertz CT molecular complexity index is 714. The van der Waals surface area contributed by atoms with E-state index >= 15 is 0 Å². The second-order valence-corrected chi connectivity index (χ2v) is 6.82. The molecular weight excluding hydrogens is 312 g/mol. The van der Waals surface area contributed by atoms with Gasteiger partial charge in [-0.25, -0.2) is 4.52 Å². The summed E-state index contributed by atoms with van der Waals surface area (Å²) >= 11 is 6.00. The number of halogens is 1. The fraction of sp³-hybridized carbons (Fsp3) is 0.529. The van der Waals surface area contributed by atoms with E-state index < -0.39 is 0 Å². The molecule has 0 spiro atoms. The van der Waals surface area contributed by atoms with Crippen molar-refractivity contribution >= 4 is 23.0 Å². The van der Waals surface area contributed by atoms with Gasteiger partial charge in [0.05, 0.1) is 5.52 Å². The number of piperidine rings is 1. The number of carbonyl (C=O) groups is 1. The van der Waals surface area contributed by atoms with E-state index in [-0.39, 0.29) is 11.9 Å². The van der Waals surface area contributed by atoms with Gasteiger partial charge >= 0.3 is 0 Å². The summed E-state index contributed by atoms with van der Waals surface area (Å²) in [5.74, 6) is 0.441. The third kappa shape index (κ3) is 3.21. The van der Waals surface area contributed by atoms with Crippen LogP contribution >= 0.6 is 11.6 Å². The van der Waals surface area contributed by atoms with Crippen LogP contribution in [-0.2, 0) is 0 Å². The zero-order chi connectivity index (χ0) is 16.6. The standard InChI is InChI=1S/C17H23ClN4O/c1-4-21-7-6-16(12(2)11-21)20(3)17(23)15-10-14-9-13(18)5-8-22(14)19-15/h5,8-10,12,16H,4,6-7,11H2,1-3H3/t12-,16+/m1/s1. The Balaban J connectivity index is 1.78. The highest BCUT2D eigenvalue weighted by Crippen LogP contribution is 2.23. The second kappa shape index (κ2) is 6.49. The first-order valence-electron chi connectivity index (χ1n) is 8.14. The molecule has 1 saturated heterocycles. The molecule has 0 radical (unpaired) electrons. The minimum atomic E-state index is -0.0216. The van der Waals surface area contributed by atoms with Crippen LogP contribution in [-0.4, -0.2) is 58.0 Å². The Labute approximate surface area is 141 Å². The summed E-state index contributed by atoms with van der Waals surface area (Å²) < 4.78 is 1.69. The normalized spacial score (nSPS) is 22.4. The lowest BCUT2D eigenvalue weighted by molar-refractivity contribution is 0.0515. The number of pyridine rings is 1. The smallest absolute Gasteiger partial charge is 0.274 e. The number of nitrogens with zero attached hydrogens (tertiary/aromatic N) is 4. The Morgan fingerprint density at radius 3 is 2.96 bits per heavy atom. The molecule has 0 bridgehead atoms. The van der Waals surface area contributed by atoms with E-state index in [9.17, 15) is 4.79 Å². The fourth-order valence-electron chi connectivity index (χ4n) is 3.49. The maximum Gasteiger partial charge on any atom is 0.274 e. The average Bonchev–Trinajstić information content (AvgIpc) is 2.96. The van der Waals surface area contributed by atoms with Gasteiger partial charge in [0.15, 0.2) is 5.69 Å². The highest BCUT2D eigenvalue weighted by Gasteiger charge is 2.31. The quantitative estimate of drug-likeness (QED) is 0.866. The first kappa shape index (κ1) is 16.3. The van der Waals surface area contributed by atoms with Crippen LogP contribution in [0.25, 0.3) is 5.52 Å². The van der Waals surface area contributed by atoms with Crippen LogP contribution in [0.15, 0.2) is 24.4 Å². The summed E-state index contributed by atoms with van der Waals surface area (Å²) in [6, 6.07) is 5.64. The van der Waals surface area contributed by atoms with Crippen molar-refractivity contribution in [1.29, 1.82) is 0 Å².